The zero-order valence-electron chi connectivity index (χ0n) is 14.4. The molecule has 0 bridgehead atoms. The first-order valence-electron chi connectivity index (χ1n) is 8.39. The van der Waals surface area contributed by atoms with Crippen molar-refractivity contribution in [2.45, 2.75) is 17.7 Å². The Morgan fingerprint density at radius 3 is 2.41 bits per heavy atom. The van der Waals surface area contributed by atoms with Gasteiger partial charge in [0.05, 0.1) is 16.2 Å². The average molecular weight is 403 g/mol. The number of aromatic nitrogens is 3. The number of nitrogens with zero attached hydrogens (tertiary/aromatic N) is 4. The van der Waals surface area contributed by atoms with Crippen LogP contribution in [0.4, 0.5) is 11.8 Å². The van der Waals surface area contributed by atoms with E-state index in [4.69, 9.17) is 11.5 Å². The van der Waals surface area contributed by atoms with Crippen LogP contribution in [0.3, 0.4) is 0 Å². The number of thiazole rings is 1. The van der Waals surface area contributed by atoms with Gasteiger partial charge in [-0.2, -0.15) is 9.29 Å². The van der Waals surface area contributed by atoms with Crippen LogP contribution in [0.15, 0.2) is 40.7 Å². The number of rotatable bonds is 4. The van der Waals surface area contributed by atoms with Gasteiger partial charge in [0.25, 0.3) is 0 Å². The molecule has 27 heavy (non-hydrogen) atoms. The van der Waals surface area contributed by atoms with Gasteiger partial charge in [0, 0.05) is 30.2 Å². The van der Waals surface area contributed by atoms with Gasteiger partial charge >= 0.3 is 0 Å². The Hall–Kier alpha value is -2.56. The lowest BCUT2D eigenvalue weighted by Gasteiger charge is -2.15. The summed E-state index contributed by atoms with van der Waals surface area (Å²) in [6, 6.07) is 6.79. The van der Waals surface area contributed by atoms with Crippen molar-refractivity contribution < 1.29 is 8.42 Å². The molecule has 0 spiro atoms. The highest BCUT2D eigenvalue weighted by atomic mass is 32.2. The van der Waals surface area contributed by atoms with E-state index in [1.807, 2.05) is 5.38 Å². The molecule has 4 N–H and O–H groups in total. The summed E-state index contributed by atoms with van der Waals surface area (Å²) in [4.78, 5) is 12.8. The third-order valence-electron chi connectivity index (χ3n) is 4.42. The molecule has 8 nitrogen and oxygen atoms in total. The van der Waals surface area contributed by atoms with E-state index in [1.54, 1.807) is 30.5 Å². The third kappa shape index (κ3) is 3.38. The monoisotopic (exact) mass is 402 g/mol. The second-order valence-electron chi connectivity index (χ2n) is 6.20. The van der Waals surface area contributed by atoms with Crippen molar-refractivity contribution >= 4 is 33.1 Å². The molecule has 3 aromatic rings. The van der Waals surface area contributed by atoms with Crippen molar-refractivity contribution in [2.75, 3.05) is 24.6 Å². The zero-order valence-corrected chi connectivity index (χ0v) is 16.0. The van der Waals surface area contributed by atoms with E-state index in [0.29, 0.717) is 28.6 Å². The van der Waals surface area contributed by atoms with E-state index in [1.165, 1.54) is 15.6 Å². The molecule has 0 atom stereocenters. The van der Waals surface area contributed by atoms with Crippen LogP contribution in [0.2, 0.25) is 0 Å². The fraction of sp³-hybridized carbons (Fsp3) is 0.235. The fourth-order valence-corrected chi connectivity index (χ4v) is 5.34. The van der Waals surface area contributed by atoms with Crippen molar-refractivity contribution in [3.8, 4) is 21.8 Å². The van der Waals surface area contributed by atoms with Crippen molar-refractivity contribution in [3.63, 3.8) is 0 Å². The molecule has 1 fully saturated rings. The summed E-state index contributed by atoms with van der Waals surface area (Å²) in [5.41, 5.74) is 13.6. The van der Waals surface area contributed by atoms with E-state index in [2.05, 4.69) is 15.0 Å². The summed E-state index contributed by atoms with van der Waals surface area (Å²) in [7, 11) is -3.41. The highest BCUT2D eigenvalue weighted by Crippen LogP contribution is 2.32. The highest BCUT2D eigenvalue weighted by Gasteiger charge is 2.27. The van der Waals surface area contributed by atoms with Crippen LogP contribution in [0.5, 0.6) is 0 Å². The molecule has 1 aliphatic rings. The van der Waals surface area contributed by atoms with Crippen LogP contribution < -0.4 is 11.5 Å². The molecule has 2 aromatic heterocycles. The number of hydrogen-bond acceptors (Lipinski definition) is 8. The van der Waals surface area contributed by atoms with Gasteiger partial charge in [0.1, 0.15) is 10.8 Å². The van der Waals surface area contributed by atoms with Crippen LogP contribution in [0, 0.1) is 0 Å². The van der Waals surface area contributed by atoms with Gasteiger partial charge < -0.3 is 11.5 Å². The maximum atomic E-state index is 12.6. The first kappa shape index (κ1) is 17.8. The van der Waals surface area contributed by atoms with Crippen LogP contribution in [0.25, 0.3) is 21.8 Å². The molecule has 1 saturated heterocycles. The SMILES string of the molecule is Nc1ncc(-c2nc(-c3ccc(S(=O)(=O)N4CCCC4)cc3)cs2)c(N)n1. The summed E-state index contributed by atoms with van der Waals surface area (Å²) in [5, 5.41) is 2.56. The Morgan fingerprint density at radius 1 is 1.04 bits per heavy atom. The second-order valence-corrected chi connectivity index (χ2v) is 9.00. The summed E-state index contributed by atoms with van der Waals surface area (Å²) >= 11 is 1.41. The molecule has 0 aliphatic carbocycles. The number of hydrogen-bond donors (Lipinski definition) is 2. The van der Waals surface area contributed by atoms with Crippen LogP contribution in [-0.2, 0) is 10.0 Å². The number of nitrogens with two attached hydrogens (primary N) is 2. The van der Waals surface area contributed by atoms with Crippen LogP contribution in [-0.4, -0.2) is 40.8 Å². The van der Waals surface area contributed by atoms with E-state index in [-0.39, 0.29) is 11.8 Å². The Balaban J connectivity index is 1.61. The smallest absolute Gasteiger partial charge is 0.243 e. The van der Waals surface area contributed by atoms with E-state index < -0.39 is 10.0 Å². The molecule has 0 amide bonds. The van der Waals surface area contributed by atoms with Crippen molar-refractivity contribution in [1.29, 1.82) is 0 Å². The summed E-state index contributed by atoms with van der Waals surface area (Å²) in [5.74, 6) is 0.387. The lowest BCUT2D eigenvalue weighted by atomic mass is 10.2. The Labute approximate surface area is 160 Å². The van der Waals surface area contributed by atoms with Crippen molar-refractivity contribution in [2.24, 2.45) is 0 Å². The molecule has 10 heteroatoms. The lowest BCUT2D eigenvalue weighted by molar-refractivity contribution is 0.477. The lowest BCUT2D eigenvalue weighted by Crippen LogP contribution is -2.27. The van der Waals surface area contributed by atoms with Crippen molar-refractivity contribution in [3.05, 3.63) is 35.8 Å². The fourth-order valence-electron chi connectivity index (χ4n) is 2.98. The topological polar surface area (TPSA) is 128 Å². The van der Waals surface area contributed by atoms with Crippen LogP contribution in [0.1, 0.15) is 12.8 Å². The maximum Gasteiger partial charge on any atom is 0.243 e. The number of nitrogen functional groups attached to an aromatic ring is 2. The van der Waals surface area contributed by atoms with E-state index >= 15 is 0 Å². The number of sulfonamides is 1. The van der Waals surface area contributed by atoms with Gasteiger partial charge in [-0.05, 0) is 25.0 Å². The normalized spacial score (nSPS) is 15.3. The Bertz CT molecular complexity index is 1070. The van der Waals surface area contributed by atoms with Gasteiger partial charge in [-0.25, -0.2) is 18.4 Å². The minimum absolute atomic E-state index is 0.114. The molecule has 1 aliphatic heterocycles. The van der Waals surface area contributed by atoms with Gasteiger partial charge in [-0.15, -0.1) is 11.3 Å². The van der Waals surface area contributed by atoms with Gasteiger partial charge in [-0.3, -0.25) is 0 Å². The Morgan fingerprint density at radius 2 is 1.74 bits per heavy atom. The minimum Gasteiger partial charge on any atom is -0.383 e. The molecule has 3 heterocycles. The van der Waals surface area contributed by atoms with Gasteiger partial charge in [0.15, 0.2) is 0 Å². The summed E-state index contributed by atoms with van der Waals surface area (Å²) in [6.07, 6.45) is 3.37. The predicted molar refractivity (Wildman–Crippen MR) is 105 cm³/mol. The molecule has 1 aromatic carbocycles. The molecule has 4 rings (SSSR count). The maximum absolute atomic E-state index is 12.6. The molecule has 0 saturated carbocycles. The third-order valence-corrected chi connectivity index (χ3v) is 7.21. The standard InChI is InChI=1S/C17H18N6O2S2/c18-15-13(9-20-17(19)22-15)16-21-14(10-26-16)11-3-5-12(6-4-11)27(24,25)23-7-1-2-8-23/h3-6,9-10H,1-2,7-8H2,(H4,18,19,20,22). The first-order chi connectivity index (χ1) is 12.9. The molecular formula is C17H18N6O2S2. The predicted octanol–water partition coefficient (Wildman–Crippen LogP) is 2.22. The van der Waals surface area contributed by atoms with E-state index in [0.717, 1.165) is 24.1 Å². The molecule has 0 radical (unpaired) electrons. The largest absolute Gasteiger partial charge is 0.383 e. The number of benzene rings is 1. The minimum atomic E-state index is -3.41. The van der Waals surface area contributed by atoms with Crippen LogP contribution >= 0.6 is 11.3 Å². The highest BCUT2D eigenvalue weighted by molar-refractivity contribution is 7.89. The number of anilines is 2. The van der Waals surface area contributed by atoms with Gasteiger partial charge in [0.2, 0.25) is 16.0 Å². The second kappa shape index (κ2) is 6.87. The Kier molecular flexibility index (Phi) is 4.54. The molecule has 0 unspecified atom stereocenters. The quantitative estimate of drug-likeness (QED) is 0.684. The molecule has 140 valence electrons. The van der Waals surface area contributed by atoms with Gasteiger partial charge in [-0.1, -0.05) is 12.1 Å². The van der Waals surface area contributed by atoms with Crippen molar-refractivity contribution in [1.82, 2.24) is 19.3 Å². The first-order valence-corrected chi connectivity index (χ1v) is 10.7. The summed E-state index contributed by atoms with van der Waals surface area (Å²) in [6.45, 7) is 1.18. The summed E-state index contributed by atoms with van der Waals surface area (Å²) < 4.78 is 26.8. The van der Waals surface area contributed by atoms with E-state index in [9.17, 15) is 8.42 Å². The zero-order chi connectivity index (χ0) is 19.0. The average Bonchev–Trinajstić information content (AvgIpc) is 3.34. The molecular weight excluding hydrogens is 384 g/mol.